The van der Waals surface area contributed by atoms with Crippen LogP contribution in [0.15, 0.2) is 0 Å². The molecule has 2 heterocycles. The molecule has 3 rings (SSSR count). The van der Waals surface area contributed by atoms with Gasteiger partial charge in [0.05, 0.1) is 6.10 Å². The molecule has 0 bridgehead atoms. The van der Waals surface area contributed by atoms with Crippen molar-refractivity contribution in [3.05, 3.63) is 0 Å². The topological polar surface area (TPSA) is 58.8 Å². The van der Waals surface area contributed by atoms with Crippen LogP contribution in [-0.2, 0) is 9.53 Å². The SMILES string of the molecule is CCOC1CC(N)(C(=O)N2CCCC(CN3CCC(C)CC3)C2)C1(C)C. The fourth-order valence-corrected chi connectivity index (χ4v) is 5.09. The normalized spacial score (nSPS) is 36.0. The van der Waals surface area contributed by atoms with E-state index in [9.17, 15) is 4.79 Å². The van der Waals surface area contributed by atoms with Crippen molar-refractivity contribution in [1.29, 1.82) is 0 Å². The first-order chi connectivity index (χ1) is 12.3. The van der Waals surface area contributed by atoms with Crippen LogP contribution in [0.3, 0.4) is 0 Å². The Balaban J connectivity index is 1.56. The zero-order valence-electron chi connectivity index (χ0n) is 17.3. The van der Waals surface area contributed by atoms with Gasteiger partial charge in [0.1, 0.15) is 5.54 Å². The van der Waals surface area contributed by atoms with E-state index in [1.54, 1.807) is 0 Å². The number of hydrogen-bond donors (Lipinski definition) is 1. The molecule has 2 aliphatic heterocycles. The summed E-state index contributed by atoms with van der Waals surface area (Å²) in [6.45, 7) is 14.5. The molecule has 1 saturated carbocycles. The summed E-state index contributed by atoms with van der Waals surface area (Å²) in [4.78, 5) is 17.9. The van der Waals surface area contributed by atoms with Gasteiger partial charge in [0, 0.05) is 38.1 Å². The molecule has 3 fully saturated rings. The van der Waals surface area contributed by atoms with Crippen molar-refractivity contribution < 1.29 is 9.53 Å². The Hall–Kier alpha value is -0.650. The molecule has 0 radical (unpaired) electrons. The number of nitrogens with two attached hydrogens (primary N) is 1. The average Bonchev–Trinajstić information content (AvgIpc) is 2.63. The molecule has 0 aromatic carbocycles. The minimum absolute atomic E-state index is 0.0948. The van der Waals surface area contributed by atoms with Crippen LogP contribution in [0.5, 0.6) is 0 Å². The number of rotatable bonds is 5. The van der Waals surface area contributed by atoms with Crippen molar-refractivity contribution in [3.8, 4) is 0 Å². The first-order valence-electron chi connectivity index (χ1n) is 10.7. The predicted molar refractivity (Wildman–Crippen MR) is 105 cm³/mol. The molecule has 1 amide bonds. The van der Waals surface area contributed by atoms with E-state index in [0.29, 0.717) is 18.9 Å². The lowest BCUT2D eigenvalue weighted by Gasteiger charge is -2.59. The van der Waals surface area contributed by atoms with Gasteiger partial charge in [-0.3, -0.25) is 4.79 Å². The van der Waals surface area contributed by atoms with Crippen LogP contribution in [0.1, 0.15) is 59.8 Å². The number of carbonyl (C=O) groups is 1. The second-order valence-electron chi connectivity index (χ2n) is 9.58. The lowest BCUT2D eigenvalue weighted by Crippen LogP contribution is -2.76. The minimum Gasteiger partial charge on any atom is -0.378 e. The third kappa shape index (κ3) is 3.67. The first-order valence-corrected chi connectivity index (χ1v) is 10.7. The highest BCUT2D eigenvalue weighted by atomic mass is 16.5. The van der Waals surface area contributed by atoms with E-state index in [4.69, 9.17) is 10.5 Å². The number of ether oxygens (including phenoxy) is 1. The van der Waals surface area contributed by atoms with Crippen LogP contribution < -0.4 is 5.73 Å². The molecule has 5 nitrogen and oxygen atoms in total. The van der Waals surface area contributed by atoms with Crippen molar-refractivity contribution in [3.63, 3.8) is 0 Å². The van der Waals surface area contributed by atoms with Gasteiger partial charge in [0.25, 0.3) is 0 Å². The highest BCUT2D eigenvalue weighted by Crippen LogP contribution is 2.50. The second-order valence-corrected chi connectivity index (χ2v) is 9.58. The van der Waals surface area contributed by atoms with Gasteiger partial charge >= 0.3 is 0 Å². The van der Waals surface area contributed by atoms with Crippen LogP contribution in [-0.4, -0.2) is 66.7 Å². The van der Waals surface area contributed by atoms with Gasteiger partial charge in [-0.2, -0.15) is 0 Å². The lowest BCUT2D eigenvalue weighted by molar-refractivity contribution is -0.180. The van der Waals surface area contributed by atoms with Gasteiger partial charge in [-0.05, 0) is 57.5 Å². The maximum Gasteiger partial charge on any atom is 0.243 e. The zero-order chi connectivity index (χ0) is 18.9. The van der Waals surface area contributed by atoms with Crippen LogP contribution in [0.4, 0.5) is 0 Å². The zero-order valence-corrected chi connectivity index (χ0v) is 17.3. The van der Waals surface area contributed by atoms with E-state index in [1.165, 1.54) is 32.4 Å². The molecule has 5 heteroatoms. The predicted octanol–water partition coefficient (Wildman–Crippen LogP) is 2.49. The number of likely N-dealkylation sites (tertiary alicyclic amines) is 2. The van der Waals surface area contributed by atoms with Gasteiger partial charge in [-0.1, -0.05) is 20.8 Å². The summed E-state index contributed by atoms with van der Waals surface area (Å²) >= 11 is 0. The molecule has 0 aromatic rings. The van der Waals surface area contributed by atoms with Gasteiger partial charge in [0.15, 0.2) is 0 Å². The van der Waals surface area contributed by atoms with Crippen molar-refractivity contribution in [2.75, 3.05) is 39.3 Å². The summed E-state index contributed by atoms with van der Waals surface area (Å²) in [5.41, 5.74) is 5.57. The number of nitrogens with zero attached hydrogens (tertiary/aromatic N) is 2. The Morgan fingerprint density at radius 3 is 2.50 bits per heavy atom. The Labute approximate surface area is 159 Å². The molecule has 150 valence electrons. The van der Waals surface area contributed by atoms with Gasteiger partial charge in [0.2, 0.25) is 5.91 Å². The van der Waals surface area contributed by atoms with Crippen molar-refractivity contribution in [1.82, 2.24) is 9.80 Å². The fourth-order valence-electron chi connectivity index (χ4n) is 5.09. The van der Waals surface area contributed by atoms with Crippen LogP contribution in [0.25, 0.3) is 0 Å². The third-order valence-electron chi connectivity index (χ3n) is 7.41. The Kier molecular flexibility index (Phi) is 6.00. The maximum atomic E-state index is 13.3. The van der Waals surface area contributed by atoms with E-state index >= 15 is 0 Å². The summed E-state index contributed by atoms with van der Waals surface area (Å²) in [7, 11) is 0. The van der Waals surface area contributed by atoms with Crippen molar-refractivity contribution in [2.24, 2.45) is 23.0 Å². The quantitative estimate of drug-likeness (QED) is 0.813. The van der Waals surface area contributed by atoms with E-state index in [0.717, 1.165) is 32.0 Å². The molecule has 3 aliphatic rings. The highest BCUT2D eigenvalue weighted by Gasteiger charge is 2.63. The van der Waals surface area contributed by atoms with E-state index < -0.39 is 5.54 Å². The lowest BCUT2D eigenvalue weighted by atomic mass is 9.54. The summed E-state index contributed by atoms with van der Waals surface area (Å²) in [5, 5.41) is 0. The molecule has 2 N–H and O–H groups in total. The molecule has 3 unspecified atom stereocenters. The molecular weight excluding hydrogens is 326 g/mol. The van der Waals surface area contributed by atoms with Crippen molar-refractivity contribution in [2.45, 2.75) is 71.4 Å². The van der Waals surface area contributed by atoms with Gasteiger partial charge < -0.3 is 20.3 Å². The minimum atomic E-state index is -0.769. The summed E-state index contributed by atoms with van der Waals surface area (Å²) in [6.07, 6.45) is 5.71. The first kappa shape index (κ1) is 20.1. The third-order valence-corrected chi connectivity index (χ3v) is 7.41. The molecule has 0 aromatic heterocycles. The maximum absolute atomic E-state index is 13.3. The van der Waals surface area contributed by atoms with Crippen molar-refractivity contribution >= 4 is 5.91 Å². The Morgan fingerprint density at radius 1 is 1.19 bits per heavy atom. The number of hydrogen-bond acceptors (Lipinski definition) is 4. The van der Waals surface area contributed by atoms with E-state index in [1.807, 2.05) is 6.92 Å². The average molecular weight is 366 g/mol. The number of piperidine rings is 2. The fraction of sp³-hybridized carbons (Fsp3) is 0.952. The molecule has 3 atom stereocenters. The van der Waals surface area contributed by atoms with Gasteiger partial charge in [-0.15, -0.1) is 0 Å². The van der Waals surface area contributed by atoms with E-state index in [2.05, 4.69) is 30.6 Å². The molecular formula is C21H39N3O2. The smallest absolute Gasteiger partial charge is 0.243 e. The molecule has 2 saturated heterocycles. The summed E-state index contributed by atoms with van der Waals surface area (Å²) in [5.74, 6) is 1.61. The number of amides is 1. The second kappa shape index (κ2) is 7.76. The monoisotopic (exact) mass is 365 g/mol. The molecule has 0 spiro atoms. The highest BCUT2D eigenvalue weighted by molar-refractivity contribution is 5.89. The van der Waals surface area contributed by atoms with E-state index in [-0.39, 0.29) is 17.4 Å². The Bertz CT molecular complexity index is 501. The summed E-state index contributed by atoms with van der Waals surface area (Å²) in [6, 6.07) is 0. The molecule has 1 aliphatic carbocycles. The Morgan fingerprint density at radius 2 is 1.88 bits per heavy atom. The summed E-state index contributed by atoms with van der Waals surface area (Å²) < 4.78 is 5.80. The molecule has 26 heavy (non-hydrogen) atoms. The van der Waals surface area contributed by atoms with Gasteiger partial charge in [-0.25, -0.2) is 0 Å². The largest absolute Gasteiger partial charge is 0.378 e. The van der Waals surface area contributed by atoms with Crippen LogP contribution >= 0.6 is 0 Å². The number of carbonyl (C=O) groups excluding carboxylic acids is 1. The standard InChI is InChI=1S/C21H39N3O2/c1-5-26-18-13-21(22,20(18,3)4)19(25)24-10-6-7-17(15-24)14-23-11-8-16(2)9-12-23/h16-18H,5-15,22H2,1-4H3. The van der Waals surface area contributed by atoms with Crippen LogP contribution in [0, 0.1) is 17.3 Å². The van der Waals surface area contributed by atoms with Crippen LogP contribution in [0.2, 0.25) is 0 Å².